The van der Waals surface area contributed by atoms with Crippen LogP contribution in [0.25, 0.3) is 0 Å². The number of carbonyl (C=O) groups excluding carboxylic acids is 1. The van der Waals surface area contributed by atoms with Crippen molar-refractivity contribution in [1.82, 2.24) is 0 Å². The Hall–Kier alpha value is -0.863. The lowest BCUT2D eigenvalue weighted by molar-refractivity contribution is -0.142. The summed E-state index contributed by atoms with van der Waals surface area (Å²) in [7, 11) is -2.67. The zero-order valence-corrected chi connectivity index (χ0v) is 23.2. The molecule has 0 N–H and O–H groups in total. The summed E-state index contributed by atoms with van der Waals surface area (Å²) in [5.41, 5.74) is 0. The smallest absolute Gasteiger partial charge is 0.306 e. The van der Waals surface area contributed by atoms with Crippen LogP contribution in [0.5, 0.6) is 0 Å². The summed E-state index contributed by atoms with van der Waals surface area (Å²) in [6.45, 7) is 7.22. The fraction of sp³-hybridized carbons (Fsp3) is 0.480. The number of esters is 1. The Labute approximate surface area is 206 Å². The molecule has 1 aliphatic rings. The minimum atomic E-state index is -2.67. The summed E-state index contributed by atoms with van der Waals surface area (Å²) < 4.78 is 12.8. The normalized spacial score (nSPS) is 19.8. The summed E-state index contributed by atoms with van der Waals surface area (Å²) in [5.74, 6) is -0.0270. The molecule has 0 spiro atoms. The summed E-state index contributed by atoms with van der Waals surface area (Å²) in [6, 6.07) is 21.2. The summed E-state index contributed by atoms with van der Waals surface area (Å²) in [6.07, 6.45) is 6.55. The molecule has 2 aromatic rings. The van der Waals surface area contributed by atoms with E-state index in [1.807, 2.05) is 0 Å². The number of benzene rings is 2. The molecule has 1 aliphatic heterocycles. The van der Waals surface area contributed by atoms with Gasteiger partial charge in [-0.1, -0.05) is 81.4 Å². The lowest BCUT2D eigenvalue weighted by Gasteiger charge is -2.44. The molecule has 2 atom stereocenters. The van der Waals surface area contributed by atoms with Gasteiger partial charge in [0.2, 0.25) is 0 Å². The molecule has 0 aliphatic carbocycles. The molecule has 3 nitrogen and oxygen atoms in total. The maximum absolute atomic E-state index is 12.4. The minimum Gasteiger partial charge on any atom is -0.460 e. The van der Waals surface area contributed by atoms with Gasteiger partial charge < -0.3 is 9.16 Å². The van der Waals surface area contributed by atoms with Crippen molar-refractivity contribution in [3.8, 4) is 0 Å². The van der Waals surface area contributed by atoms with Crippen LogP contribution in [-0.2, 0) is 14.0 Å². The van der Waals surface area contributed by atoms with E-state index in [1.54, 1.807) is 35.3 Å². The van der Waals surface area contributed by atoms with Gasteiger partial charge in [0.15, 0.2) is 0 Å². The average Bonchev–Trinajstić information content (AvgIpc) is 3.17. The van der Waals surface area contributed by atoms with E-state index in [0.29, 0.717) is 13.0 Å². The SMILES string of the molecule is CSC(SC)(SC)[C@H]1CC(=O)O[C@@H]1CO[Si](c1ccccc1)(c1ccccc1)C(C)(C)C. The maximum atomic E-state index is 12.4. The van der Waals surface area contributed by atoms with E-state index >= 15 is 0 Å². The van der Waals surface area contributed by atoms with Crippen molar-refractivity contribution in [3.63, 3.8) is 0 Å². The Morgan fingerprint density at radius 1 is 0.906 bits per heavy atom. The number of ether oxygens (including phenoxy) is 1. The number of hydrogen-bond donors (Lipinski definition) is 0. The van der Waals surface area contributed by atoms with Gasteiger partial charge in [-0.2, -0.15) is 0 Å². The first-order chi connectivity index (χ1) is 15.2. The van der Waals surface area contributed by atoms with Gasteiger partial charge in [-0.3, -0.25) is 4.79 Å². The number of cyclic esters (lactones) is 1. The van der Waals surface area contributed by atoms with Crippen LogP contribution >= 0.6 is 35.3 Å². The topological polar surface area (TPSA) is 35.5 Å². The second-order valence-electron chi connectivity index (χ2n) is 9.03. The van der Waals surface area contributed by atoms with E-state index < -0.39 is 8.32 Å². The lowest BCUT2D eigenvalue weighted by atomic mass is 10.0. The molecule has 3 rings (SSSR count). The molecule has 0 aromatic heterocycles. The summed E-state index contributed by atoms with van der Waals surface area (Å²) >= 11 is 5.40. The molecule has 7 heteroatoms. The molecule has 174 valence electrons. The highest BCUT2D eigenvalue weighted by Gasteiger charge is 2.53. The highest BCUT2D eigenvalue weighted by Crippen LogP contribution is 2.53. The van der Waals surface area contributed by atoms with Crippen molar-refractivity contribution in [2.24, 2.45) is 5.92 Å². The van der Waals surface area contributed by atoms with Crippen molar-refractivity contribution in [1.29, 1.82) is 0 Å². The van der Waals surface area contributed by atoms with Crippen LogP contribution < -0.4 is 10.4 Å². The Morgan fingerprint density at radius 2 is 1.38 bits per heavy atom. The molecule has 1 heterocycles. The van der Waals surface area contributed by atoms with Crippen LogP contribution in [0.15, 0.2) is 60.7 Å². The van der Waals surface area contributed by atoms with Gasteiger partial charge in [0.1, 0.15) is 9.52 Å². The van der Waals surface area contributed by atoms with Crippen molar-refractivity contribution in [2.45, 2.75) is 41.7 Å². The predicted molar refractivity (Wildman–Crippen MR) is 145 cm³/mol. The molecule has 1 saturated heterocycles. The first kappa shape index (κ1) is 25.8. The van der Waals surface area contributed by atoms with Crippen LogP contribution in [0.2, 0.25) is 5.04 Å². The van der Waals surface area contributed by atoms with Crippen LogP contribution in [0.4, 0.5) is 0 Å². The molecule has 0 radical (unpaired) electrons. The van der Waals surface area contributed by atoms with E-state index in [0.717, 1.165) is 0 Å². The zero-order chi connectivity index (χ0) is 23.4. The summed E-state index contributed by atoms with van der Waals surface area (Å²) in [5, 5.41) is 2.37. The molecule has 0 unspecified atom stereocenters. The lowest BCUT2D eigenvalue weighted by Crippen LogP contribution is -2.67. The van der Waals surface area contributed by atoms with E-state index in [1.165, 1.54) is 10.4 Å². The highest BCUT2D eigenvalue weighted by molar-refractivity contribution is 8.33. The first-order valence-corrected chi connectivity index (χ1v) is 16.4. The number of thioether (sulfide) groups is 3. The second-order valence-corrected chi connectivity index (χ2v) is 17.3. The van der Waals surface area contributed by atoms with Crippen molar-refractivity contribution >= 4 is 59.9 Å². The quantitative estimate of drug-likeness (QED) is 0.263. The van der Waals surface area contributed by atoms with Crippen LogP contribution in [0.3, 0.4) is 0 Å². The molecule has 0 amide bonds. The minimum absolute atomic E-state index is 0.0909. The maximum Gasteiger partial charge on any atom is 0.306 e. The van der Waals surface area contributed by atoms with E-state index in [-0.39, 0.29) is 26.4 Å². The van der Waals surface area contributed by atoms with Gasteiger partial charge >= 0.3 is 5.97 Å². The fourth-order valence-corrected chi connectivity index (χ4v) is 13.0. The molecule has 2 aromatic carbocycles. The standard InChI is InChI=1S/C25H34O3S3Si/c1-24(2,3)32(19-13-9-7-10-14-19,20-15-11-8-12-16-20)27-18-22-21(17-23(26)28-22)25(29-4,30-5)31-6/h7-16,21-22H,17-18H2,1-6H3/t21-,22+/m0/s1. The van der Waals surface area contributed by atoms with Gasteiger partial charge in [0.25, 0.3) is 8.32 Å². The third-order valence-electron chi connectivity index (χ3n) is 6.31. The monoisotopic (exact) mass is 506 g/mol. The third-order valence-corrected chi connectivity index (χ3v) is 16.9. The molecular formula is C25H34O3S3Si. The van der Waals surface area contributed by atoms with E-state index in [4.69, 9.17) is 9.16 Å². The van der Waals surface area contributed by atoms with E-state index in [9.17, 15) is 4.79 Å². The third kappa shape index (κ3) is 4.83. The van der Waals surface area contributed by atoms with Gasteiger partial charge in [-0.25, -0.2) is 0 Å². The Kier molecular flexibility index (Phi) is 8.53. The Bertz CT molecular complexity index is 835. The Morgan fingerprint density at radius 3 is 1.78 bits per heavy atom. The number of rotatable bonds is 9. The number of hydrogen-bond acceptors (Lipinski definition) is 6. The molecule has 0 bridgehead atoms. The van der Waals surface area contributed by atoms with Crippen LogP contribution in [-0.4, -0.2) is 49.2 Å². The van der Waals surface area contributed by atoms with Crippen molar-refractivity contribution in [2.75, 3.05) is 25.4 Å². The first-order valence-electron chi connectivity index (χ1n) is 10.8. The van der Waals surface area contributed by atoms with E-state index in [2.05, 4.69) is 100 Å². The van der Waals surface area contributed by atoms with Gasteiger partial charge in [-0.15, -0.1) is 35.3 Å². The van der Waals surface area contributed by atoms with Crippen molar-refractivity contribution in [3.05, 3.63) is 60.7 Å². The second kappa shape index (κ2) is 10.6. The Balaban J connectivity index is 2.03. The van der Waals surface area contributed by atoms with Gasteiger partial charge in [0.05, 0.1) is 13.0 Å². The fourth-order valence-electron chi connectivity index (χ4n) is 4.79. The largest absolute Gasteiger partial charge is 0.460 e. The highest BCUT2D eigenvalue weighted by atomic mass is 32.3. The summed E-state index contributed by atoms with van der Waals surface area (Å²) in [4.78, 5) is 12.4. The average molecular weight is 507 g/mol. The zero-order valence-electron chi connectivity index (χ0n) is 19.8. The van der Waals surface area contributed by atoms with Crippen LogP contribution in [0.1, 0.15) is 27.2 Å². The van der Waals surface area contributed by atoms with Crippen molar-refractivity contribution < 1.29 is 14.0 Å². The van der Waals surface area contributed by atoms with Gasteiger partial charge in [-0.05, 0) is 34.2 Å². The van der Waals surface area contributed by atoms with Crippen LogP contribution in [0, 0.1) is 5.92 Å². The molecular weight excluding hydrogens is 473 g/mol. The number of carbonyl (C=O) groups is 1. The molecule has 0 saturated carbocycles. The molecule has 1 fully saturated rings. The predicted octanol–water partition coefficient (Wildman–Crippen LogP) is 5.24. The van der Waals surface area contributed by atoms with Gasteiger partial charge in [0, 0.05) is 5.92 Å². The molecule has 32 heavy (non-hydrogen) atoms.